The van der Waals surface area contributed by atoms with E-state index in [0.29, 0.717) is 0 Å². The van der Waals surface area contributed by atoms with Crippen LogP contribution in [0.1, 0.15) is 34.1 Å². The lowest BCUT2D eigenvalue weighted by molar-refractivity contribution is -0.112. The molecule has 0 unspecified atom stereocenters. The topological polar surface area (TPSA) is 17.1 Å². The van der Waals surface area contributed by atoms with Gasteiger partial charge >= 0.3 is 0 Å². The first kappa shape index (κ1) is 11.0. The summed E-state index contributed by atoms with van der Waals surface area (Å²) in [4.78, 5) is 11.8. The van der Waals surface area contributed by atoms with Gasteiger partial charge in [-0.1, -0.05) is 32.1 Å². The molecule has 1 heteroatoms. The fraction of sp³-hybridized carbons (Fsp3) is 0.462. The minimum atomic E-state index is -0.0184. The van der Waals surface area contributed by atoms with Crippen molar-refractivity contribution in [1.82, 2.24) is 0 Å². The molecule has 0 aromatic heterocycles. The zero-order chi connectivity index (χ0) is 10.8. The van der Waals surface area contributed by atoms with Gasteiger partial charge in [0, 0.05) is 5.57 Å². The largest absolute Gasteiger partial charge is 0.290 e. The summed E-state index contributed by atoms with van der Waals surface area (Å²) in [5.41, 5.74) is 2.04. The minimum Gasteiger partial charge on any atom is -0.290 e. The molecule has 0 bridgehead atoms. The van der Waals surface area contributed by atoms with E-state index in [2.05, 4.69) is 19.9 Å². The maximum Gasteiger partial charge on any atom is 0.182 e. The quantitative estimate of drug-likeness (QED) is 0.610. The smallest absolute Gasteiger partial charge is 0.182 e. The molecular weight excluding hydrogens is 172 g/mol. The van der Waals surface area contributed by atoms with Crippen molar-refractivity contribution in [3.63, 3.8) is 0 Å². The molecule has 0 radical (unpaired) electrons. The fourth-order valence-corrected chi connectivity index (χ4v) is 2.01. The first-order valence-corrected chi connectivity index (χ1v) is 5.04. The van der Waals surface area contributed by atoms with Gasteiger partial charge in [-0.15, -0.1) is 0 Å². The van der Waals surface area contributed by atoms with Crippen LogP contribution >= 0.6 is 0 Å². The van der Waals surface area contributed by atoms with Gasteiger partial charge in [-0.2, -0.15) is 0 Å². The van der Waals surface area contributed by atoms with E-state index in [4.69, 9.17) is 0 Å². The van der Waals surface area contributed by atoms with Crippen LogP contribution in [0.4, 0.5) is 0 Å². The third-order valence-corrected chi connectivity index (χ3v) is 2.63. The van der Waals surface area contributed by atoms with E-state index in [1.807, 2.05) is 19.9 Å². The number of hydrogen-bond acceptors (Lipinski definition) is 1. The fourth-order valence-electron chi connectivity index (χ4n) is 2.01. The first-order valence-electron chi connectivity index (χ1n) is 5.04. The van der Waals surface area contributed by atoms with E-state index in [1.54, 1.807) is 12.2 Å². The second kappa shape index (κ2) is 3.95. The van der Waals surface area contributed by atoms with Gasteiger partial charge in [-0.25, -0.2) is 0 Å². The van der Waals surface area contributed by atoms with Gasteiger partial charge in [0.15, 0.2) is 5.78 Å². The van der Waals surface area contributed by atoms with Crippen molar-refractivity contribution in [3.05, 3.63) is 35.5 Å². The molecule has 0 spiro atoms. The zero-order valence-electron chi connectivity index (χ0n) is 9.42. The maximum atomic E-state index is 11.8. The van der Waals surface area contributed by atoms with E-state index >= 15 is 0 Å². The molecule has 0 aliphatic heterocycles. The summed E-state index contributed by atoms with van der Waals surface area (Å²) in [6.45, 7) is 8.13. The molecule has 0 aromatic rings. The molecule has 0 heterocycles. The zero-order valence-corrected chi connectivity index (χ0v) is 9.42. The van der Waals surface area contributed by atoms with E-state index in [-0.39, 0.29) is 11.2 Å². The lowest BCUT2D eigenvalue weighted by Gasteiger charge is -2.29. The predicted octanol–water partition coefficient (Wildman–Crippen LogP) is 3.43. The number of hydrogen-bond donors (Lipinski definition) is 0. The van der Waals surface area contributed by atoms with Crippen molar-refractivity contribution >= 4 is 5.78 Å². The summed E-state index contributed by atoms with van der Waals surface area (Å²) in [6, 6.07) is 0. The predicted molar refractivity (Wildman–Crippen MR) is 60.1 cm³/mol. The van der Waals surface area contributed by atoms with Crippen molar-refractivity contribution in [2.75, 3.05) is 0 Å². The highest BCUT2D eigenvalue weighted by atomic mass is 16.1. The van der Waals surface area contributed by atoms with Crippen molar-refractivity contribution < 1.29 is 4.79 Å². The number of carbonyl (C=O) groups is 1. The normalized spacial score (nSPS) is 20.6. The van der Waals surface area contributed by atoms with Crippen LogP contribution in [-0.4, -0.2) is 5.78 Å². The van der Waals surface area contributed by atoms with Crippen LogP contribution in [0.15, 0.2) is 35.5 Å². The van der Waals surface area contributed by atoms with Crippen LogP contribution in [0.5, 0.6) is 0 Å². The molecular formula is C13H18O. The molecule has 0 saturated heterocycles. The minimum absolute atomic E-state index is 0.0184. The molecule has 0 amide bonds. The average molecular weight is 190 g/mol. The summed E-state index contributed by atoms with van der Waals surface area (Å²) in [7, 11) is 0. The van der Waals surface area contributed by atoms with Gasteiger partial charge in [-0.3, -0.25) is 4.79 Å². The Morgan fingerprint density at radius 1 is 1.50 bits per heavy atom. The molecule has 1 aliphatic carbocycles. The highest BCUT2D eigenvalue weighted by Gasteiger charge is 2.29. The molecule has 76 valence electrons. The van der Waals surface area contributed by atoms with Gasteiger partial charge in [0.05, 0.1) is 0 Å². The standard InChI is InChI=1S/C13H18O/c1-5-7-11(14)12-10(2)8-6-9-13(12,3)4/h5-8H,9H2,1-4H3. The van der Waals surface area contributed by atoms with Gasteiger partial charge in [0.2, 0.25) is 0 Å². The van der Waals surface area contributed by atoms with Gasteiger partial charge in [0.25, 0.3) is 0 Å². The van der Waals surface area contributed by atoms with Crippen LogP contribution in [0.2, 0.25) is 0 Å². The Bertz CT molecular complexity index is 327. The molecule has 1 aliphatic rings. The Kier molecular flexibility index (Phi) is 3.10. The van der Waals surface area contributed by atoms with Crippen LogP contribution in [0.25, 0.3) is 0 Å². The molecule has 1 nitrogen and oxygen atoms in total. The third-order valence-electron chi connectivity index (χ3n) is 2.63. The highest BCUT2D eigenvalue weighted by Crippen LogP contribution is 2.37. The van der Waals surface area contributed by atoms with E-state index in [1.165, 1.54) is 0 Å². The molecule has 1 rings (SSSR count). The molecule has 0 aromatic carbocycles. The second-order valence-corrected chi connectivity index (χ2v) is 4.41. The van der Waals surface area contributed by atoms with Gasteiger partial charge < -0.3 is 0 Å². The molecule has 14 heavy (non-hydrogen) atoms. The highest BCUT2D eigenvalue weighted by molar-refractivity contribution is 6.05. The number of rotatable bonds is 2. The van der Waals surface area contributed by atoms with Crippen molar-refractivity contribution in [3.8, 4) is 0 Å². The Balaban J connectivity index is 3.14. The van der Waals surface area contributed by atoms with Gasteiger partial charge in [0.1, 0.15) is 0 Å². The van der Waals surface area contributed by atoms with E-state index < -0.39 is 0 Å². The van der Waals surface area contributed by atoms with Crippen LogP contribution in [0.3, 0.4) is 0 Å². The van der Waals surface area contributed by atoms with Crippen LogP contribution < -0.4 is 0 Å². The number of allylic oxidation sites excluding steroid dienone is 6. The van der Waals surface area contributed by atoms with Crippen molar-refractivity contribution in [1.29, 1.82) is 0 Å². The lowest BCUT2D eigenvalue weighted by Crippen LogP contribution is -2.23. The Labute approximate surface area is 86.2 Å². The Morgan fingerprint density at radius 3 is 2.64 bits per heavy atom. The second-order valence-electron chi connectivity index (χ2n) is 4.41. The third kappa shape index (κ3) is 2.03. The van der Waals surface area contributed by atoms with Crippen molar-refractivity contribution in [2.24, 2.45) is 5.41 Å². The van der Waals surface area contributed by atoms with E-state index in [9.17, 15) is 4.79 Å². The Morgan fingerprint density at radius 2 is 2.14 bits per heavy atom. The van der Waals surface area contributed by atoms with E-state index in [0.717, 1.165) is 17.6 Å². The van der Waals surface area contributed by atoms with Crippen molar-refractivity contribution in [2.45, 2.75) is 34.1 Å². The summed E-state index contributed by atoms with van der Waals surface area (Å²) in [5.74, 6) is 0.152. The summed E-state index contributed by atoms with van der Waals surface area (Å²) in [5, 5.41) is 0. The lowest BCUT2D eigenvalue weighted by atomic mass is 9.74. The molecule has 0 N–H and O–H groups in total. The van der Waals surface area contributed by atoms with Crippen LogP contribution in [0, 0.1) is 5.41 Å². The SMILES string of the molecule is CC=CC(=O)C1=C(C)C=CCC1(C)C. The average Bonchev–Trinajstić information content (AvgIpc) is 2.02. The monoisotopic (exact) mass is 190 g/mol. The van der Waals surface area contributed by atoms with Crippen LogP contribution in [-0.2, 0) is 4.79 Å². The Hall–Kier alpha value is -1.11. The number of carbonyl (C=O) groups excluding carboxylic acids is 1. The summed E-state index contributed by atoms with van der Waals surface area (Å²) >= 11 is 0. The molecule has 0 saturated carbocycles. The van der Waals surface area contributed by atoms with Gasteiger partial charge in [-0.05, 0) is 37.3 Å². The maximum absolute atomic E-state index is 11.8. The molecule has 0 atom stereocenters. The summed E-state index contributed by atoms with van der Waals surface area (Å²) < 4.78 is 0. The molecule has 0 fully saturated rings. The number of ketones is 1. The first-order chi connectivity index (χ1) is 6.49. The summed E-state index contributed by atoms with van der Waals surface area (Å²) in [6.07, 6.45) is 8.59.